The van der Waals surface area contributed by atoms with Crippen molar-refractivity contribution in [2.24, 2.45) is 0 Å². The van der Waals surface area contributed by atoms with Crippen LogP contribution in [-0.2, 0) is 9.59 Å². The Kier molecular flexibility index (Phi) is 3.55. The minimum Gasteiger partial charge on any atom is -0.349 e. The fraction of sp³-hybridized carbons (Fsp3) is 0.412. The SMILES string of the molecule is O=C(N[C@H]1CCN2C(=O)C3=CCCN3C(=O)[C@@H]2C1)c1ccncc1. The Morgan fingerprint density at radius 3 is 2.79 bits per heavy atom. The van der Waals surface area contributed by atoms with Crippen LogP contribution in [0.4, 0.5) is 0 Å². The van der Waals surface area contributed by atoms with Crippen LogP contribution in [0.1, 0.15) is 29.6 Å². The van der Waals surface area contributed by atoms with Gasteiger partial charge in [-0.2, -0.15) is 0 Å². The second kappa shape index (κ2) is 5.74. The summed E-state index contributed by atoms with van der Waals surface area (Å²) in [5.41, 5.74) is 1.07. The summed E-state index contributed by atoms with van der Waals surface area (Å²) in [6.45, 7) is 1.07. The van der Waals surface area contributed by atoms with Crippen LogP contribution < -0.4 is 5.32 Å². The minimum atomic E-state index is -0.468. The molecule has 0 aromatic carbocycles. The van der Waals surface area contributed by atoms with Crippen LogP contribution in [-0.4, -0.2) is 57.7 Å². The van der Waals surface area contributed by atoms with Gasteiger partial charge >= 0.3 is 0 Å². The zero-order valence-electron chi connectivity index (χ0n) is 13.1. The summed E-state index contributed by atoms with van der Waals surface area (Å²) < 4.78 is 0. The fourth-order valence-electron chi connectivity index (χ4n) is 3.67. The molecule has 0 unspecified atom stereocenters. The van der Waals surface area contributed by atoms with Gasteiger partial charge in [0.15, 0.2) is 0 Å². The first kappa shape index (κ1) is 14.9. The van der Waals surface area contributed by atoms with Gasteiger partial charge in [0.2, 0.25) is 5.91 Å². The summed E-state index contributed by atoms with van der Waals surface area (Å²) in [6, 6.07) is 2.73. The molecule has 0 spiro atoms. The van der Waals surface area contributed by atoms with Gasteiger partial charge in [0, 0.05) is 37.1 Å². The lowest BCUT2D eigenvalue weighted by atomic mass is 9.93. The first-order valence-corrected chi connectivity index (χ1v) is 8.18. The topological polar surface area (TPSA) is 82.6 Å². The van der Waals surface area contributed by atoms with Gasteiger partial charge in [-0.1, -0.05) is 6.08 Å². The van der Waals surface area contributed by atoms with Gasteiger partial charge in [-0.05, 0) is 31.4 Å². The van der Waals surface area contributed by atoms with E-state index in [1.807, 2.05) is 6.08 Å². The Hall–Kier alpha value is -2.70. The normalized spacial score (nSPS) is 25.9. The lowest BCUT2D eigenvalue weighted by Crippen LogP contribution is -2.62. The smallest absolute Gasteiger partial charge is 0.270 e. The summed E-state index contributed by atoms with van der Waals surface area (Å²) in [7, 11) is 0. The van der Waals surface area contributed by atoms with Crippen LogP contribution in [0.2, 0.25) is 0 Å². The number of rotatable bonds is 2. The number of piperazine rings is 1. The van der Waals surface area contributed by atoms with Crippen molar-refractivity contribution < 1.29 is 14.4 Å². The monoisotopic (exact) mass is 326 g/mol. The number of aromatic nitrogens is 1. The molecule has 2 saturated heterocycles. The number of amides is 3. The average molecular weight is 326 g/mol. The number of pyridine rings is 1. The second-order valence-electron chi connectivity index (χ2n) is 6.31. The molecule has 0 saturated carbocycles. The maximum Gasteiger partial charge on any atom is 0.270 e. The average Bonchev–Trinajstić information content (AvgIpc) is 3.10. The Morgan fingerprint density at radius 1 is 1.21 bits per heavy atom. The van der Waals surface area contributed by atoms with Crippen LogP contribution in [0.3, 0.4) is 0 Å². The van der Waals surface area contributed by atoms with Gasteiger partial charge in [-0.25, -0.2) is 0 Å². The largest absolute Gasteiger partial charge is 0.349 e. The van der Waals surface area contributed by atoms with Gasteiger partial charge in [0.1, 0.15) is 11.7 Å². The number of hydrogen-bond acceptors (Lipinski definition) is 4. The quantitative estimate of drug-likeness (QED) is 0.847. The molecule has 0 bridgehead atoms. The van der Waals surface area contributed by atoms with E-state index in [9.17, 15) is 14.4 Å². The molecule has 1 N–H and O–H groups in total. The van der Waals surface area contributed by atoms with Crippen LogP contribution in [0.5, 0.6) is 0 Å². The molecule has 3 aliphatic heterocycles. The third-order valence-corrected chi connectivity index (χ3v) is 4.89. The molecule has 0 aliphatic carbocycles. The zero-order valence-corrected chi connectivity index (χ0v) is 13.1. The molecule has 1 aromatic rings. The van der Waals surface area contributed by atoms with E-state index in [0.717, 1.165) is 6.42 Å². The van der Waals surface area contributed by atoms with E-state index in [1.54, 1.807) is 34.3 Å². The number of fused-ring (bicyclic) bond motifs is 2. The molecule has 24 heavy (non-hydrogen) atoms. The minimum absolute atomic E-state index is 0.0267. The molecule has 2 atom stereocenters. The lowest BCUT2D eigenvalue weighted by molar-refractivity contribution is -0.152. The number of nitrogens with one attached hydrogen (secondary N) is 1. The van der Waals surface area contributed by atoms with Crippen molar-refractivity contribution in [3.8, 4) is 0 Å². The Balaban J connectivity index is 1.47. The molecular weight excluding hydrogens is 308 g/mol. The van der Waals surface area contributed by atoms with Crippen molar-refractivity contribution in [1.82, 2.24) is 20.1 Å². The Bertz CT molecular complexity index is 731. The molecular formula is C17H18N4O3. The molecule has 4 rings (SSSR count). The highest BCUT2D eigenvalue weighted by atomic mass is 16.2. The van der Waals surface area contributed by atoms with Crippen molar-refractivity contribution in [2.45, 2.75) is 31.3 Å². The number of carbonyl (C=O) groups excluding carboxylic acids is 3. The molecule has 3 amide bonds. The van der Waals surface area contributed by atoms with Gasteiger partial charge in [-0.3, -0.25) is 19.4 Å². The Morgan fingerprint density at radius 2 is 2.00 bits per heavy atom. The highest BCUT2D eigenvalue weighted by Crippen LogP contribution is 2.31. The maximum atomic E-state index is 12.7. The van der Waals surface area contributed by atoms with Crippen molar-refractivity contribution in [3.05, 3.63) is 41.9 Å². The van der Waals surface area contributed by atoms with Crippen LogP contribution in [0.15, 0.2) is 36.3 Å². The summed E-state index contributed by atoms with van der Waals surface area (Å²) in [5, 5.41) is 2.97. The first-order valence-electron chi connectivity index (χ1n) is 8.18. The van der Waals surface area contributed by atoms with Gasteiger partial charge < -0.3 is 15.1 Å². The highest BCUT2D eigenvalue weighted by Gasteiger charge is 2.46. The van der Waals surface area contributed by atoms with E-state index in [2.05, 4.69) is 10.3 Å². The first-order chi connectivity index (χ1) is 11.6. The molecule has 124 valence electrons. The van der Waals surface area contributed by atoms with Crippen molar-refractivity contribution >= 4 is 17.7 Å². The van der Waals surface area contributed by atoms with Crippen LogP contribution >= 0.6 is 0 Å². The van der Waals surface area contributed by atoms with E-state index in [4.69, 9.17) is 0 Å². The number of hydrogen-bond donors (Lipinski definition) is 1. The highest BCUT2D eigenvalue weighted by molar-refractivity contribution is 6.05. The zero-order chi connectivity index (χ0) is 16.7. The molecule has 7 nitrogen and oxygen atoms in total. The standard InChI is InChI=1S/C17H18N4O3/c22-15(11-3-6-18-7-4-11)19-12-5-9-21-14(10-12)17(24)20-8-1-2-13(20)16(21)23/h2-4,6-7,12,14H,1,5,8-10H2,(H,19,22)/t12-,14-/m0/s1. The molecule has 1 aromatic heterocycles. The van der Waals surface area contributed by atoms with Crippen molar-refractivity contribution in [1.29, 1.82) is 0 Å². The predicted molar refractivity (Wildman–Crippen MR) is 84.6 cm³/mol. The maximum absolute atomic E-state index is 12.7. The Labute approximate surface area is 139 Å². The molecule has 4 heterocycles. The summed E-state index contributed by atoms with van der Waals surface area (Å²) in [5.74, 6) is -0.260. The van der Waals surface area contributed by atoms with Gasteiger partial charge in [0.25, 0.3) is 11.8 Å². The van der Waals surface area contributed by atoms with Crippen molar-refractivity contribution in [2.75, 3.05) is 13.1 Å². The number of nitrogens with zero attached hydrogens (tertiary/aromatic N) is 3. The fourth-order valence-corrected chi connectivity index (χ4v) is 3.67. The number of piperidine rings is 1. The van der Waals surface area contributed by atoms with E-state index in [0.29, 0.717) is 37.2 Å². The van der Waals surface area contributed by atoms with E-state index < -0.39 is 6.04 Å². The summed E-state index contributed by atoms with van der Waals surface area (Å²) in [4.78, 5) is 44.6. The van der Waals surface area contributed by atoms with E-state index in [1.165, 1.54) is 0 Å². The molecule has 2 fully saturated rings. The predicted octanol–water partition coefficient (Wildman–Crippen LogP) is 0.301. The summed E-state index contributed by atoms with van der Waals surface area (Å²) >= 11 is 0. The number of carbonyl (C=O) groups is 3. The van der Waals surface area contributed by atoms with E-state index in [-0.39, 0.29) is 23.8 Å². The second-order valence-corrected chi connectivity index (χ2v) is 6.31. The van der Waals surface area contributed by atoms with Gasteiger partial charge in [-0.15, -0.1) is 0 Å². The molecule has 3 aliphatic rings. The van der Waals surface area contributed by atoms with E-state index >= 15 is 0 Å². The van der Waals surface area contributed by atoms with Crippen molar-refractivity contribution in [3.63, 3.8) is 0 Å². The third-order valence-electron chi connectivity index (χ3n) is 4.89. The van der Waals surface area contributed by atoms with Crippen LogP contribution in [0, 0.1) is 0 Å². The van der Waals surface area contributed by atoms with Gasteiger partial charge in [0.05, 0.1) is 0 Å². The van der Waals surface area contributed by atoms with Crippen LogP contribution in [0.25, 0.3) is 0 Å². The summed E-state index contributed by atoms with van der Waals surface area (Å²) in [6.07, 6.45) is 6.83. The molecule has 7 heteroatoms. The lowest BCUT2D eigenvalue weighted by Gasteiger charge is -2.44. The third kappa shape index (κ3) is 2.36. The molecule has 0 radical (unpaired) electrons.